The first-order valence-corrected chi connectivity index (χ1v) is 13.4. The predicted octanol–water partition coefficient (Wildman–Crippen LogP) is 3.41. The van der Waals surface area contributed by atoms with Crippen molar-refractivity contribution in [3.05, 3.63) is 23.8 Å². The summed E-state index contributed by atoms with van der Waals surface area (Å²) in [7, 11) is 1.74. The van der Waals surface area contributed by atoms with Crippen molar-refractivity contribution in [2.75, 3.05) is 32.1 Å². The predicted molar refractivity (Wildman–Crippen MR) is 143 cm³/mol. The molecule has 1 fully saturated rings. The summed E-state index contributed by atoms with van der Waals surface area (Å²) >= 11 is 0. The summed E-state index contributed by atoms with van der Waals surface area (Å²) in [6.45, 7) is 7.94. The molecule has 0 spiro atoms. The summed E-state index contributed by atoms with van der Waals surface area (Å²) in [5.74, 6) is -0.175. The fourth-order valence-corrected chi connectivity index (χ4v) is 4.86. The topological polar surface area (TPSA) is 123 Å². The van der Waals surface area contributed by atoms with E-state index >= 15 is 0 Å². The number of nitrogens with zero attached hydrogens (tertiary/aromatic N) is 2. The molecule has 206 valence electrons. The molecular formula is C27H43N5O5. The van der Waals surface area contributed by atoms with Crippen LogP contribution in [-0.2, 0) is 0 Å². The molecule has 0 aromatic heterocycles. The molecule has 10 nitrogen and oxygen atoms in total. The smallest absolute Gasteiger partial charge is 0.319 e. The second kappa shape index (κ2) is 13.0. The molecule has 0 radical (unpaired) electrons. The Morgan fingerprint density at radius 1 is 1.19 bits per heavy atom. The van der Waals surface area contributed by atoms with Gasteiger partial charge in [-0.15, -0.1) is 0 Å². The minimum Gasteiger partial charge on any atom is -0.485 e. The van der Waals surface area contributed by atoms with Gasteiger partial charge >= 0.3 is 12.1 Å². The van der Waals surface area contributed by atoms with Gasteiger partial charge in [-0.3, -0.25) is 4.79 Å². The number of likely N-dealkylation sites (N-methyl/N-ethyl adjacent to an activating group) is 1. The van der Waals surface area contributed by atoms with E-state index in [4.69, 9.17) is 4.74 Å². The molecule has 1 saturated carbocycles. The number of amides is 5. The maximum Gasteiger partial charge on any atom is 0.319 e. The number of benzene rings is 1. The van der Waals surface area contributed by atoms with Crippen molar-refractivity contribution in [2.24, 2.45) is 5.92 Å². The zero-order valence-corrected chi connectivity index (χ0v) is 22.8. The number of ether oxygens (including phenoxy) is 1. The van der Waals surface area contributed by atoms with Gasteiger partial charge in [-0.2, -0.15) is 0 Å². The summed E-state index contributed by atoms with van der Waals surface area (Å²) in [4.78, 5) is 42.3. The van der Waals surface area contributed by atoms with E-state index in [1.807, 2.05) is 20.8 Å². The molecule has 2 aliphatic rings. The van der Waals surface area contributed by atoms with Crippen LogP contribution in [-0.4, -0.2) is 83.8 Å². The number of carbonyl (C=O) groups is 3. The van der Waals surface area contributed by atoms with Crippen molar-refractivity contribution >= 4 is 23.7 Å². The Hall–Kier alpha value is -3.01. The van der Waals surface area contributed by atoms with Crippen LogP contribution in [0, 0.1) is 5.92 Å². The zero-order chi connectivity index (χ0) is 27.1. The lowest BCUT2D eigenvalue weighted by Crippen LogP contribution is -2.52. The molecular weight excluding hydrogens is 474 g/mol. The van der Waals surface area contributed by atoms with Crippen LogP contribution in [0.2, 0.25) is 0 Å². The van der Waals surface area contributed by atoms with Gasteiger partial charge in [-0.25, -0.2) is 9.59 Å². The second-order valence-corrected chi connectivity index (χ2v) is 10.7. The Morgan fingerprint density at radius 3 is 2.54 bits per heavy atom. The Balaban J connectivity index is 1.89. The van der Waals surface area contributed by atoms with Crippen molar-refractivity contribution < 1.29 is 24.2 Å². The zero-order valence-electron chi connectivity index (χ0n) is 22.8. The van der Waals surface area contributed by atoms with Crippen molar-refractivity contribution in [1.82, 2.24) is 20.4 Å². The summed E-state index contributed by atoms with van der Waals surface area (Å²) in [5.41, 5.74) is 0.669. The van der Waals surface area contributed by atoms with Gasteiger partial charge in [-0.1, -0.05) is 32.3 Å². The second-order valence-electron chi connectivity index (χ2n) is 10.7. The first-order valence-electron chi connectivity index (χ1n) is 13.4. The van der Waals surface area contributed by atoms with Gasteiger partial charge in [0, 0.05) is 31.6 Å². The highest BCUT2D eigenvalue weighted by molar-refractivity contribution is 6.01. The summed E-state index contributed by atoms with van der Waals surface area (Å²) in [5, 5.41) is 18.6. The summed E-state index contributed by atoms with van der Waals surface area (Å²) in [6.07, 6.45) is 4.99. The Kier molecular flexibility index (Phi) is 10.0. The molecule has 10 heteroatoms. The van der Waals surface area contributed by atoms with E-state index in [1.54, 1.807) is 42.0 Å². The molecule has 4 N–H and O–H groups in total. The lowest BCUT2D eigenvalue weighted by atomic mass is 9.96. The van der Waals surface area contributed by atoms with E-state index in [9.17, 15) is 19.5 Å². The fraction of sp³-hybridized carbons (Fsp3) is 0.667. The third kappa shape index (κ3) is 7.50. The number of fused-ring (bicyclic) bond motifs is 1. The lowest BCUT2D eigenvalue weighted by Gasteiger charge is -2.38. The third-order valence-electron chi connectivity index (χ3n) is 7.09. The van der Waals surface area contributed by atoms with Gasteiger partial charge in [0.1, 0.15) is 6.10 Å². The Morgan fingerprint density at radius 2 is 1.89 bits per heavy atom. The van der Waals surface area contributed by atoms with E-state index < -0.39 is 18.2 Å². The molecule has 5 amide bonds. The maximum atomic E-state index is 13.5. The van der Waals surface area contributed by atoms with Crippen LogP contribution >= 0.6 is 0 Å². The molecule has 0 unspecified atom stereocenters. The number of aliphatic hydroxyl groups is 1. The van der Waals surface area contributed by atoms with Crippen LogP contribution in [0.15, 0.2) is 18.2 Å². The third-order valence-corrected chi connectivity index (χ3v) is 7.09. The van der Waals surface area contributed by atoms with Gasteiger partial charge in [0.25, 0.3) is 5.91 Å². The van der Waals surface area contributed by atoms with Crippen LogP contribution < -0.4 is 20.7 Å². The Bertz CT molecular complexity index is 949. The van der Waals surface area contributed by atoms with Crippen LogP contribution in [0.25, 0.3) is 0 Å². The molecule has 1 aromatic rings. The first kappa shape index (κ1) is 28.6. The molecule has 37 heavy (non-hydrogen) atoms. The van der Waals surface area contributed by atoms with Gasteiger partial charge in [-0.05, 0) is 45.7 Å². The van der Waals surface area contributed by atoms with Crippen LogP contribution in [0.5, 0.6) is 5.75 Å². The van der Waals surface area contributed by atoms with E-state index in [1.165, 1.54) is 6.42 Å². The quantitative estimate of drug-likeness (QED) is 0.441. The highest BCUT2D eigenvalue weighted by Gasteiger charge is 2.35. The number of hydrogen-bond acceptors (Lipinski definition) is 5. The van der Waals surface area contributed by atoms with E-state index in [-0.39, 0.29) is 42.3 Å². The number of carbonyl (C=O) groups excluding carboxylic acids is 3. The standard InChI is InChI=1S/C27H43N5O5/c1-17(2)28-26(35)30-22-13-9-12-21-24(22)37-23(18(3)14-32(25(21)34)19(4)16-33)15-31(5)27(36)29-20-10-7-6-8-11-20/h9,12-13,17-20,23,33H,6-8,10-11,14-16H2,1-5H3,(H,29,36)(H2,28,30,35)/t18-,19-,23+/m1/s1. The van der Waals surface area contributed by atoms with Gasteiger partial charge < -0.3 is 35.6 Å². The summed E-state index contributed by atoms with van der Waals surface area (Å²) in [6, 6.07) is 4.19. The molecule has 1 aliphatic heterocycles. The summed E-state index contributed by atoms with van der Waals surface area (Å²) < 4.78 is 6.45. The number of nitrogens with one attached hydrogen (secondary N) is 3. The first-order chi connectivity index (χ1) is 17.6. The highest BCUT2D eigenvalue weighted by atomic mass is 16.5. The van der Waals surface area contributed by atoms with E-state index in [0.29, 0.717) is 24.3 Å². The van der Waals surface area contributed by atoms with E-state index in [0.717, 1.165) is 25.7 Å². The number of rotatable bonds is 7. The number of urea groups is 2. The molecule has 0 bridgehead atoms. The molecule has 3 atom stereocenters. The highest BCUT2D eigenvalue weighted by Crippen LogP contribution is 2.35. The number of hydrogen-bond donors (Lipinski definition) is 4. The van der Waals surface area contributed by atoms with Crippen molar-refractivity contribution in [3.8, 4) is 5.75 Å². The maximum absolute atomic E-state index is 13.5. The van der Waals surface area contributed by atoms with Gasteiger partial charge in [0.15, 0.2) is 5.75 Å². The van der Waals surface area contributed by atoms with Crippen molar-refractivity contribution in [3.63, 3.8) is 0 Å². The van der Waals surface area contributed by atoms with Crippen LogP contribution in [0.3, 0.4) is 0 Å². The van der Waals surface area contributed by atoms with Crippen LogP contribution in [0.1, 0.15) is 70.2 Å². The monoisotopic (exact) mass is 517 g/mol. The van der Waals surface area contributed by atoms with Crippen molar-refractivity contribution in [1.29, 1.82) is 0 Å². The average molecular weight is 518 g/mol. The molecule has 3 rings (SSSR count). The molecule has 1 aromatic carbocycles. The molecule has 0 saturated heterocycles. The number of para-hydroxylation sites is 1. The van der Waals surface area contributed by atoms with Crippen LogP contribution in [0.4, 0.5) is 15.3 Å². The fourth-order valence-electron chi connectivity index (χ4n) is 4.86. The number of anilines is 1. The molecule has 1 aliphatic carbocycles. The minimum atomic E-state index is -0.460. The Labute approximate surface area is 220 Å². The molecule has 1 heterocycles. The lowest BCUT2D eigenvalue weighted by molar-refractivity contribution is 0.0368. The normalized spacial score (nSPS) is 21.3. The van der Waals surface area contributed by atoms with Gasteiger partial charge in [0.2, 0.25) is 0 Å². The SMILES string of the molecule is CC(C)NC(=O)Nc1cccc2c1O[C@@H](CN(C)C(=O)NC1CCCCC1)[C@H](C)CN([C@H](C)CO)C2=O. The minimum absolute atomic E-state index is 0.0712. The number of aliphatic hydroxyl groups excluding tert-OH is 1. The largest absolute Gasteiger partial charge is 0.485 e. The average Bonchev–Trinajstić information content (AvgIpc) is 2.86. The van der Waals surface area contributed by atoms with E-state index in [2.05, 4.69) is 16.0 Å². The van der Waals surface area contributed by atoms with Crippen molar-refractivity contribution in [2.45, 2.75) is 84.0 Å². The van der Waals surface area contributed by atoms with Gasteiger partial charge in [0.05, 0.1) is 30.4 Å².